The van der Waals surface area contributed by atoms with Crippen LogP contribution in [-0.2, 0) is 10.8 Å². The molecule has 0 aliphatic heterocycles. The molecule has 0 N–H and O–H groups in total. The molecule has 0 spiro atoms. The molecule has 8 bridgehead atoms. The van der Waals surface area contributed by atoms with Gasteiger partial charge in [-0.2, -0.15) is 0 Å². The van der Waals surface area contributed by atoms with Gasteiger partial charge < -0.3 is 9.47 Å². The van der Waals surface area contributed by atoms with Crippen LogP contribution in [0.2, 0.25) is 0 Å². The number of terminal acetylenes is 2. The van der Waals surface area contributed by atoms with Crippen LogP contribution >= 0.6 is 0 Å². The minimum atomic E-state index is 0.350. The molecule has 2 aromatic carbocycles. The van der Waals surface area contributed by atoms with Gasteiger partial charge in [-0.05, 0) is 157 Å². The van der Waals surface area contributed by atoms with Crippen molar-refractivity contribution in [2.24, 2.45) is 33.5 Å². The highest BCUT2D eigenvalue weighted by atomic mass is 16.5. The Morgan fingerprint density at radius 3 is 1.11 bits per heavy atom. The highest BCUT2D eigenvalue weighted by Crippen LogP contribution is 2.71. The maximum absolute atomic E-state index is 5.53. The van der Waals surface area contributed by atoms with Crippen molar-refractivity contribution in [1.29, 1.82) is 0 Å². The summed E-state index contributed by atoms with van der Waals surface area (Å²) in [6, 6.07) is 17.6. The SMILES string of the molecule is C#CCOc1ccc(C23CC4CC(C)(CC(C)(C4)C2)C3)cc1.C#CCOc1ccc(C23CC4CC(C)(CC(C)(C4)C2)C3)cc1. The lowest BCUT2D eigenvalue weighted by Crippen LogP contribution is -2.56. The lowest BCUT2D eigenvalue weighted by atomic mass is 9.39. The molecule has 0 radical (unpaired) electrons. The van der Waals surface area contributed by atoms with Gasteiger partial charge in [0, 0.05) is 0 Å². The van der Waals surface area contributed by atoms with Crippen LogP contribution in [-0.4, -0.2) is 13.2 Å². The summed E-state index contributed by atoms with van der Waals surface area (Å²) in [5, 5.41) is 0. The zero-order chi connectivity index (χ0) is 30.8. The first kappa shape index (κ1) is 29.8. The molecule has 8 fully saturated rings. The minimum absolute atomic E-state index is 0.350. The van der Waals surface area contributed by atoms with E-state index in [0.717, 1.165) is 23.3 Å². The second-order valence-electron chi connectivity index (χ2n) is 17.9. The monoisotopic (exact) mass is 588 g/mol. The van der Waals surface area contributed by atoms with Crippen molar-refractivity contribution in [3.63, 3.8) is 0 Å². The van der Waals surface area contributed by atoms with Crippen molar-refractivity contribution in [2.75, 3.05) is 13.2 Å². The van der Waals surface area contributed by atoms with Gasteiger partial charge in [0.25, 0.3) is 0 Å². The quantitative estimate of drug-likeness (QED) is 0.313. The van der Waals surface area contributed by atoms with E-state index in [1.807, 2.05) is 0 Å². The van der Waals surface area contributed by atoms with E-state index in [1.54, 1.807) is 0 Å². The number of rotatable bonds is 6. The number of hydrogen-bond donors (Lipinski definition) is 0. The molecular formula is C42H52O2. The molecule has 0 heterocycles. The highest BCUT2D eigenvalue weighted by molar-refractivity contribution is 5.37. The molecule has 2 heteroatoms. The maximum Gasteiger partial charge on any atom is 0.148 e. The number of benzene rings is 2. The topological polar surface area (TPSA) is 18.5 Å². The predicted octanol–water partition coefficient (Wildman–Crippen LogP) is 9.89. The van der Waals surface area contributed by atoms with Gasteiger partial charge in [0.1, 0.15) is 24.7 Å². The molecule has 4 atom stereocenters. The fraction of sp³-hybridized carbons (Fsp3) is 0.619. The zero-order valence-electron chi connectivity index (χ0n) is 27.6. The van der Waals surface area contributed by atoms with Crippen LogP contribution in [0.1, 0.15) is 116 Å². The lowest BCUT2D eigenvalue weighted by molar-refractivity contribution is -0.110. The zero-order valence-corrected chi connectivity index (χ0v) is 27.6. The van der Waals surface area contributed by atoms with Gasteiger partial charge in [0.05, 0.1) is 0 Å². The summed E-state index contributed by atoms with van der Waals surface area (Å²) in [5.41, 5.74) is 6.13. The Hall–Kier alpha value is -2.84. The number of hydrogen-bond acceptors (Lipinski definition) is 2. The van der Waals surface area contributed by atoms with Gasteiger partial charge in [-0.25, -0.2) is 0 Å². The van der Waals surface area contributed by atoms with E-state index >= 15 is 0 Å². The van der Waals surface area contributed by atoms with Crippen LogP contribution in [0.3, 0.4) is 0 Å². The average molecular weight is 589 g/mol. The summed E-state index contributed by atoms with van der Waals surface area (Å²) in [6.45, 7) is 10.8. The first-order valence-electron chi connectivity index (χ1n) is 17.2. The Balaban J connectivity index is 0.000000142. The van der Waals surface area contributed by atoms with Crippen LogP contribution in [0.15, 0.2) is 48.5 Å². The van der Waals surface area contributed by atoms with Gasteiger partial charge in [-0.15, -0.1) is 12.8 Å². The Morgan fingerprint density at radius 1 is 0.523 bits per heavy atom. The molecule has 0 aromatic heterocycles. The minimum Gasteiger partial charge on any atom is -0.481 e. The van der Waals surface area contributed by atoms with Crippen LogP contribution in [0, 0.1) is 58.2 Å². The van der Waals surface area contributed by atoms with Crippen molar-refractivity contribution < 1.29 is 9.47 Å². The molecule has 4 unspecified atom stereocenters. The summed E-state index contributed by atoms with van der Waals surface area (Å²) in [4.78, 5) is 0. The van der Waals surface area contributed by atoms with E-state index in [4.69, 9.17) is 22.3 Å². The van der Waals surface area contributed by atoms with Crippen LogP contribution < -0.4 is 9.47 Å². The first-order valence-corrected chi connectivity index (χ1v) is 17.2. The fourth-order valence-corrected chi connectivity index (χ4v) is 13.6. The molecule has 10 rings (SSSR count). The third kappa shape index (κ3) is 5.36. The van der Waals surface area contributed by atoms with Gasteiger partial charge in [0.2, 0.25) is 0 Å². The number of ether oxygens (including phenoxy) is 2. The lowest BCUT2D eigenvalue weighted by Gasteiger charge is -2.65. The average Bonchev–Trinajstić information content (AvgIpc) is 2.92. The molecule has 8 aliphatic rings. The second-order valence-corrected chi connectivity index (χ2v) is 17.9. The highest BCUT2D eigenvalue weighted by Gasteiger charge is 2.61. The third-order valence-corrected chi connectivity index (χ3v) is 12.8. The molecule has 232 valence electrons. The van der Waals surface area contributed by atoms with Crippen molar-refractivity contribution >= 4 is 0 Å². The standard InChI is InChI=1S/2C21H26O/c2*1-4-9-22-18-7-5-17(6-8-18)21-12-16-10-19(2,14-21)13-20(3,11-16)15-21/h2*1,5-8,16H,9-15H2,2-3H3. The molecule has 44 heavy (non-hydrogen) atoms. The second kappa shape index (κ2) is 10.3. The van der Waals surface area contributed by atoms with Crippen LogP contribution in [0.5, 0.6) is 11.5 Å². The van der Waals surface area contributed by atoms with Gasteiger partial charge in [-0.1, -0.05) is 63.8 Å². The Kier molecular flexibility index (Phi) is 7.02. The van der Waals surface area contributed by atoms with E-state index in [-0.39, 0.29) is 0 Å². The molecule has 2 nitrogen and oxygen atoms in total. The van der Waals surface area contributed by atoms with Gasteiger partial charge >= 0.3 is 0 Å². The van der Waals surface area contributed by atoms with Crippen molar-refractivity contribution in [1.82, 2.24) is 0 Å². The third-order valence-electron chi connectivity index (χ3n) is 12.8. The first-order chi connectivity index (χ1) is 20.9. The molecule has 8 saturated carbocycles. The van der Waals surface area contributed by atoms with E-state index in [0.29, 0.717) is 45.7 Å². The summed E-state index contributed by atoms with van der Waals surface area (Å²) < 4.78 is 11.1. The normalized spacial score (nSPS) is 42.1. The van der Waals surface area contributed by atoms with Gasteiger partial charge in [-0.3, -0.25) is 0 Å². The Bertz CT molecular complexity index is 1320. The van der Waals surface area contributed by atoms with Crippen molar-refractivity contribution in [3.05, 3.63) is 59.7 Å². The predicted molar refractivity (Wildman–Crippen MR) is 180 cm³/mol. The molecular weight excluding hydrogens is 536 g/mol. The van der Waals surface area contributed by atoms with E-state index < -0.39 is 0 Å². The summed E-state index contributed by atoms with van der Waals surface area (Å²) in [5.74, 6) is 8.71. The molecule has 2 aromatic rings. The summed E-state index contributed by atoms with van der Waals surface area (Å²) >= 11 is 0. The van der Waals surface area contributed by atoms with Crippen LogP contribution in [0.4, 0.5) is 0 Å². The molecule has 0 saturated heterocycles. The van der Waals surface area contributed by atoms with Gasteiger partial charge in [0.15, 0.2) is 0 Å². The van der Waals surface area contributed by atoms with E-state index in [2.05, 4.69) is 88.1 Å². The summed E-state index contributed by atoms with van der Waals surface area (Å²) in [7, 11) is 0. The van der Waals surface area contributed by atoms with E-state index in [9.17, 15) is 0 Å². The smallest absolute Gasteiger partial charge is 0.148 e. The Morgan fingerprint density at radius 2 is 0.841 bits per heavy atom. The van der Waals surface area contributed by atoms with Crippen molar-refractivity contribution in [3.8, 4) is 36.2 Å². The van der Waals surface area contributed by atoms with Crippen LogP contribution in [0.25, 0.3) is 0 Å². The van der Waals surface area contributed by atoms with Crippen molar-refractivity contribution in [2.45, 2.75) is 116 Å². The largest absolute Gasteiger partial charge is 0.481 e. The molecule has 8 aliphatic carbocycles. The van der Waals surface area contributed by atoms with E-state index in [1.165, 1.54) is 88.2 Å². The fourth-order valence-electron chi connectivity index (χ4n) is 13.6. The maximum atomic E-state index is 5.53. The summed E-state index contributed by atoms with van der Waals surface area (Å²) in [6.07, 6.45) is 27.5. The Labute approximate surface area is 267 Å². The molecule has 0 amide bonds.